The first kappa shape index (κ1) is 20.7. The van der Waals surface area contributed by atoms with Gasteiger partial charge < -0.3 is 15.2 Å². The molecule has 0 heterocycles. The smallest absolute Gasteiger partial charge is 0.306 e. The number of ether oxygens (including phenoxy) is 1. The van der Waals surface area contributed by atoms with Gasteiger partial charge in [0, 0.05) is 12.5 Å². The van der Waals surface area contributed by atoms with E-state index in [9.17, 15) is 9.90 Å². The Hall–Kier alpha value is -1.39. The van der Waals surface area contributed by atoms with E-state index < -0.39 is 11.7 Å². The van der Waals surface area contributed by atoms with Crippen LogP contribution in [0.1, 0.15) is 46.6 Å². The molecule has 0 radical (unpaired) electrons. The zero-order valence-electron chi connectivity index (χ0n) is 15.7. The van der Waals surface area contributed by atoms with Gasteiger partial charge in [-0.1, -0.05) is 44.2 Å². The lowest BCUT2D eigenvalue weighted by Gasteiger charge is -2.26. The second-order valence-corrected chi connectivity index (χ2v) is 7.86. The van der Waals surface area contributed by atoms with Gasteiger partial charge >= 0.3 is 5.97 Å². The summed E-state index contributed by atoms with van der Waals surface area (Å²) in [5.74, 6) is 0.101. The Bertz CT molecular complexity index is 479. The van der Waals surface area contributed by atoms with Crippen molar-refractivity contribution in [2.24, 2.45) is 11.8 Å². The summed E-state index contributed by atoms with van der Waals surface area (Å²) in [6.45, 7) is 11.2. The van der Waals surface area contributed by atoms with Crippen LogP contribution < -0.4 is 5.32 Å². The number of nitrogens with one attached hydrogen (secondary N) is 1. The molecule has 136 valence electrons. The van der Waals surface area contributed by atoms with Crippen LogP contribution in [-0.4, -0.2) is 35.9 Å². The molecule has 0 saturated carbocycles. The Balaban J connectivity index is 2.69. The Labute approximate surface area is 146 Å². The van der Waals surface area contributed by atoms with E-state index >= 15 is 0 Å². The molecule has 0 unspecified atom stereocenters. The van der Waals surface area contributed by atoms with Crippen molar-refractivity contribution in [2.45, 2.75) is 59.2 Å². The minimum absolute atomic E-state index is 0.165. The summed E-state index contributed by atoms with van der Waals surface area (Å²) in [6.07, 6.45) is 0.290. The van der Waals surface area contributed by atoms with E-state index in [-0.39, 0.29) is 18.3 Å². The quantitative estimate of drug-likeness (QED) is 0.681. The number of benzene rings is 1. The predicted molar refractivity (Wildman–Crippen MR) is 97.8 cm³/mol. The van der Waals surface area contributed by atoms with E-state index in [0.717, 1.165) is 12.1 Å². The monoisotopic (exact) mass is 335 g/mol. The molecule has 1 aromatic rings. The molecule has 0 aliphatic rings. The number of hydrogen-bond acceptors (Lipinski definition) is 4. The normalized spacial score (nSPS) is 14.5. The fourth-order valence-electron chi connectivity index (χ4n) is 2.54. The maximum Gasteiger partial charge on any atom is 0.306 e. The highest BCUT2D eigenvalue weighted by Crippen LogP contribution is 2.19. The van der Waals surface area contributed by atoms with Crippen molar-refractivity contribution in [1.29, 1.82) is 0 Å². The van der Waals surface area contributed by atoms with E-state index in [2.05, 4.69) is 19.2 Å². The fourth-order valence-corrected chi connectivity index (χ4v) is 2.54. The van der Waals surface area contributed by atoms with Gasteiger partial charge in [-0.05, 0) is 45.2 Å². The van der Waals surface area contributed by atoms with E-state index in [1.165, 1.54) is 0 Å². The molecular formula is C20H33NO3. The minimum Gasteiger partial charge on any atom is -0.460 e. The zero-order valence-corrected chi connectivity index (χ0v) is 15.7. The van der Waals surface area contributed by atoms with Crippen LogP contribution in [0.2, 0.25) is 0 Å². The largest absolute Gasteiger partial charge is 0.460 e. The maximum absolute atomic E-state index is 12.2. The Kier molecular flexibility index (Phi) is 8.43. The zero-order chi connectivity index (χ0) is 18.2. The van der Waals surface area contributed by atoms with E-state index in [1.54, 1.807) is 0 Å². The van der Waals surface area contributed by atoms with Gasteiger partial charge in [0.25, 0.3) is 0 Å². The molecule has 0 saturated heterocycles. The number of esters is 1. The van der Waals surface area contributed by atoms with E-state index in [0.29, 0.717) is 18.9 Å². The molecule has 4 heteroatoms. The molecule has 0 aliphatic carbocycles. The first-order valence-electron chi connectivity index (χ1n) is 8.82. The van der Waals surface area contributed by atoms with Crippen molar-refractivity contribution in [1.82, 2.24) is 5.32 Å². The summed E-state index contributed by atoms with van der Waals surface area (Å²) in [7, 11) is 0. The average Bonchev–Trinajstić information content (AvgIpc) is 2.45. The summed E-state index contributed by atoms with van der Waals surface area (Å²) in [4.78, 5) is 12.2. The second kappa shape index (κ2) is 9.80. The third-order valence-electron chi connectivity index (χ3n) is 3.64. The highest BCUT2D eigenvalue weighted by Gasteiger charge is 2.25. The predicted octanol–water partition coefficient (Wildman–Crippen LogP) is 3.18. The van der Waals surface area contributed by atoms with Gasteiger partial charge in [-0.3, -0.25) is 4.79 Å². The van der Waals surface area contributed by atoms with Crippen LogP contribution in [0, 0.1) is 11.8 Å². The molecule has 2 N–H and O–H groups in total. The molecule has 0 fully saturated rings. The third-order valence-corrected chi connectivity index (χ3v) is 3.64. The molecule has 0 aliphatic heterocycles. The minimum atomic E-state index is -0.587. The molecule has 1 aromatic carbocycles. The number of rotatable bonds is 9. The van der Waals surface area contributed by atoms with Crippen LogP contribution in [0.15, 0.2) is 30.3 Å². The van der Waals surface area contributed by atoms with Crippen molar-refractivity contribution in [2.75, 3.05) is 13.1 Å². The lowest BCUT2D eigenvalue weighted by Crippen LogP contribution is -2.37. The van der Waals surface area contributed by atoms with Gasteiger partial charge in [0.1, 0.15) is 5.60 Å². The van der Waals surface area contributed by atoms with Crippen LogP contribution in [0.25, 0.3) is 0 Å². The summed E-state index contributed by atoms with van der Waals surface area (Å²) in [5, 5.41) is 13.8. The summed E-state index contributed by atoms with van der Waals surface area (Å²) < 4.78 is 5.43. The van der Waals surface area contributed by atoms with Gasteiger partial charge in [-0.15, -0.1) is 0 Å². The highest BCUT2D eigenvalue weighted by atomic mass is 16.6. The van der Waals surface area contributed by atoms with E-state index in [4.69, 9.17) is 4.74 Å². The molecule has 0 aromatic heterocycles. The molecule has 0 spiro atoms. The second-order valence-electron chi connectivity index (χ2n) is 7.86. The maximum atomic E-state index is 12.2. The van der Waals surface area contributed by atoms with Crippen molar-refractivity contribution >= 4 is 5.97 Å². The number of carbonyl (C=O) groups excluding carboxylic acids is 1. The lowest BCUT2D eigenvalue weighted by molar-refractivity contribution is -0.157. The molecular weight excluding hydrogens is 302 g/mol. The number of aliphatic hydroxyl groups excluding tert-OH is 1. The molecule has 0 bridgehead atoms. The average molecular weight is 335 g/mol. The van der Waals surface area contributed by atoms with Crippen LogP contribution in [0.5, 0.6) is 0 Å². The van der Waals surface area contributed by atoms with Gasteiger partial charge in [0.05, 0.1) is 12.5 Å². The molecule has 1 rings (SSSR count). The summed E-state index contributed by atoms with van der Waals surface area (Å²) in [6, 6.07) is 9.96. The SMILES string of the molecule is CC(C)CNC[C@@H](O)[C@@H](CC(=O)OC(C)(C)C)Cc1ccccc1. The molecule has 24 heavy (non-hydrogen) atoms. The third kappa shape index (κ3) is 9.04. The number of hydrogen-bond donors (Lipinski definition) is 2. The molecule has 4 nitrogen and oxygen atoms in total. The summed E-state index contributed by atoms with van der Waals surface area (Å²) >= 11 is 0. The van der Waals surface area contributed by atoms with Crippen LogP contribution in [-0.2, 0) is 16.0 Å². The van der Waals surface area contributed by atoms with Crippen LogP contribution in [0.4, 0.5) is 0 Å². The standard InChI is InChI=1S/C20H33NO3/c1-15(2)13-21-14-18(22)17(11-16-9-7-6-8-10-16)12-19(23)24-20(3,4)5/h6-10,15,17-18,21-22H,11-14H2,1-5H3/t17-,18-/m1/s1. The highest BCUT2D eigenvalue weighted by molar-refractivity contribution is 5.70. The van der Waals surface area contributed by atoms with Crippen molar-refractivity contribution in [3.63, 3.8) is 0 Å². The lowest BCUT2D eigenvalue weighted by atomic mass is 9.90. The topological polar surface area (TPSA) is 58.6 Å². The number of carbonyl (C=O) groups is 1. The Morgan fingerprint density at radius 2 is 1.79 bits per heavy atom. The fraction of sp³-hybridized carbons (Fsp3) is 0.650. The van der Waals surface area contributed by atoms with Gasteiger partial charge in [0.15, 0.2) is 0 Å². The van der Waals surface area contributed by atoms with E-state index in [1.807, 2.05) is 51.1 Å². The molecule has 0 amide bonds. The van der Waals surface area contributed by atoms with Crippen molar-refractivity contribution in [3.8, 4) is 0 Å². The summed E-state index contributed by atoms with van der Waals surface area (Å²) in [5.41, 5.74) is 0.615. The van der Waals surface area contributed by atoms with Gasteiger partial charge in [-0.25, -0.2) is 0 Å². The Morgan fingerprint density at radius 1 is 1.17 bits per heavy atom. The first-order valence-corrected chi connectivity index (χ1v) is 8.82. The van der Waals surface area contributed by atoms with Crippen LogP contribution >= 0.6 is 0 Å². The first-order chi connectivity index (χ1) is 11.2. The van der Waals surface area contributed by atoms with Crippen molar-refractivity contribution < 1.29 is 14.6 Å². The van der Waals surface area contributed by atoms with Gasteiger partial charge in [-0.2, -0.15) is 0 Å². The molecule has 2 atom stereocenters. The van der Waals surface area contributed by atoms with Crippen molar-refractivity contribution in [3.05, 3.63) is 35.9 Å². The van der Waals surface area contributed by atoms with Gasteiger partial charge in [0.2, 0.25) is 0 Å². The number of aliphatic hydroxyl groups is 1. The van der Waals surface area contributed by atoms with Crippen LogP contribution in [0.3, 0.4) is 0 Å². The Morgan fingerprint density at radius 3 is 2.33 bits per heavy atom.